The molecule has 6 heteroatoms. The van der Waals surface area contributed by atoms with Crippen molar-refractivity contribution in [1.29, 1.82) is 0 Å². The highest BCUT2D eigenvalue weighted by molar-refractivity contribution is 6.12. The Morgan fingerprint density at radius 3 is 2.54 bits per heavy atom. The first kappa shape index (κ1) is 18.3. The molecule has 26 heavy (non-hydrogen) atoms. The van der Waals surface area contributed by atoms with Crippen molar-refractivity contribution in [2.75, 3.05) is 0 Å². The lowest BCUT2D eigenvalue weighted by molar-refractivity contribution is 0.0932. The van der Waals surface area contributed by atoms with Crippen molar-refractivity contribution in [3.8, 4) is 5.88 Å². The van der Waals surface area contributed by atoms with Gasteiger partial charge >= 0.3 is 6.03 Å². The highest BCUT2D eigenvalue weighted by Crippen LogP contribution is 2.32. The molecule has 3 rings (SSSR count). The van der Waals surface area contributed by atoms with Crippen molar-refractivity contribution < 1.29 is 14.7 Å². The summed E-state index contributed by atoms with van der Waals surface area (Å²) in [6, 6.07) is 4.82. The van der Waals surface area contributed by atoms with Crippen molar-refractivity contribution in [3.63, 3.8) is 0 Å². The van der Waals surface area contributed by atoms with Crippen LogP contribution in [0, 0.1) is 0 Å². The van der Waals surface area contributed by atoms with Gasteiger partial charge in [-0.1, -0.05) is 45.1 Å². The van der Waals surface area contributed by atoms with E-state index in [0.717, 1.165) is 48.7 Å². The number of amides is 2. The summed E-state index contributed by atoms with van der Waals surface area (Å²) < 4.78 is 1.01. The number of fused-ring (bicyclic) bond motifs is 1. The van der Waals surface area contributed by atoms with Crippen molar-refractivity contribution in [2.24, 2.45) is 5.73 Å². The number of aromatic hydroxyl groups is 1. The summed E-state index contributed by atoms with van der Waals surface area (Å²) in [5.41, 5.74) is 7.09. The van der Waals surface area contributed by atoms with E-state index in [4.69, 9.17) is 5.73 Å². The van der Waals surface area contributed by atoms with Gasteiger partial charge in [0.15, 0.2) is 0 Å². The molecule has 2 aromatic rings. The van der Waals surface area contributed by atoms with E-state index in [2.05, 4.69) is 12.2 Å². The molecule has 0 bridgehead atoms. The molecule has 1 aliphatic carbocycles. The van der Waals surface area contributed by atoms with Crippen molar-refractivity contribution in [3.05, 3.63) is 29.3 Å². The van der Waals surface area contributed by atoms with Crippen LogP contribution in [0.4, 0.5) is 4.79 Å². The average Bonchev–Trinajstić information content (AvgIpc) is 2.73. The van der Waals surface area contributed by atoms with Gasteiger partial charge in [0.25, 0.3) is 5.91 Å². The summed E-state index contributed by atoms with van der Waals surface area (Å²) in [6.45, 7) is 2.08. The third-order valence-corrected chi connectivity index (χ3v) is 5.18. The first-order chi connectivity index (χ1) is 12.5. The van der Waals surface area contributed by atoms with Crippen LogP contribution in [0.2, 0.25) is 0 Å². The van der Waals surface area contributed by atoms with Crippen LogP contribution in [-0.4, -0.2) is 27.7 Å². The molecule has 1 aliphatic rings. The van der Waals surface area contributed by atoms with Gasteiger partial charge in [-0.15, -0.1) is 0 Å². The van der Waals surface area contributed by atoms with Gasteiger partial charge < -0.3 is 16.2 Å². The lowest BCUT2D eigenvalue weighted by Gasteiger charge is -2.16. The average molecular weight is 357 g/mol. The van der Waals surface area contributed by atoms with E-state index < -0.39 is 6.03 Å². The number of aryl methyl sites for hydroxylation is 1. The summed E-state index contributed by atoms with van der Waals surface area (Å²) in [5, 5.41) is 14.2. The number of aromatic nitrogens is 1. The van der Waals surface area contributed by atoms with E-state index in [1.165, 1.54) is 12.8 Å². The lowest BCUT2D eigenvalue weighted by Crippen LogP contribution is -2.34. The molecule has 0 atom stereocenters. The molecule has 1 aromatic heterocycles. The number of nitrogens with two attached hydrogens (primary N) is 1. The van der Waals surface area contributed by atoms with Crippen molar-refractivity contribution in [2.45, 2.75) is 64.3 Å². The number of nitrogens with one attached hydrogen (secondary N) is 1. The molecule has 6 nitrogen and oxygen atoms in total. The van der Waals surface area contributed by atoms with E-state index >= 15 is 0 Å². The van der Waals surface area contributed by atoms with E-state index in [9.17, 15) is 14.7 Å². The van der Waals surface area contributed by atoms with E-state index in [1.807, 2.05) is 12.1 Å². The van der Waals surface area contributed by atoms with E-state index in [1.54, 1.807) is 6.07 Å². The Labute approximate surface area is 153 Å². The van der Waals surface area contributed by atoms with Crippen LogP contribution in [-0.2, 0) is 6.42 Å². The maximum absolute atomic E-state index is 12.9. The van der Waals surface area contributed by atoms with Crippen LogP contribution in [0.5, 0.6) is 5.88 Å². The van der Waals surface area contributed by atoms with Gasteiger partial charge in [-0.05, 0) is 37.0 Å². The van der Waals surface area contributed by atoms with Gasteiger partial charge in [-0.3, -0.25) is 4.79 Å². The number of benzene rings is 1. The van der Waals surface area contributed by atoms with Crippen LogP contribution in [0.15, 0.2) is 18.2 Å². The first-order valence-electron chi connectivity index (χ1n) is 9.50. The second kappa shape index (κ2) is 7.81. The topological polar surface area (TPSA) is 97.3 Å². The fourth-order valence-corrected chi connectivity index (χ4v) is 3.90. The number of hydrogen-bond donors (Lipinski definition) is 3. The number of rotatable bonds is 4. The SMILES string of the molecule is CCCc1ccc2c(c1)c(C(=O)NC1CCCCCC1)c(O)n2C(N)=O. The molecule has 1 aromatic carbocycles. The van der Waals surface area contributed by atoms with Crippen LogP contribution in [0.25, 0.3) is 10.9 Å². The van der Waals surface area contributed by atoms with Gasteiger partial charge in [0.1, 0.15) is 5.56 Å². The third-order valence-electron chi connectivity index (χ3n) is 5.18. The highest BCUT2D eigenvalue weighted by atomic mass is 16.3. The molecule has 1 fully saturated rings. The van der Waals surface area contributed by atoms with Crippen molar-refractivity contribution >= 4 is 22.8 Å². The number of carbonyl (C=O) groups excluding carboxylic acids is 2. The van der Waals surface area contributed by atoms with Crippen LogP contribution in [0.1, 0.15) is 67.8 Å². The minimum Gasteiger partial charge on any atom is -0.494 e. The molecule has 1 heterocycles. The predicted molar refractivity (Wildman–Crippen MR) is 102 cm³/mol. The largest absolute Gasteiger partial charge is 0.494 e. The maximum atomic E-state index is 12.9. The maximum Gasteiger partial charge on any atom is 0.326 e. The summed E-state index contributed by atoms with van der Waals surface area (Å²) in [7, 11) is 0. The Hall–Kier alpha value is -2.50. The quantitative estimate of drug-likeness (QED) is 0.728. The zero-order valence-corrected chi connectivity index (χ0v) is 15.3. The van der Waals surface area contributed by atoms with Crippen molar-refractivity contribution in [1.82, 2.24) is 9.88 Å². The molecule has 0 aliphatic heterocycles. The molecule has 0 spiro atoms. The second-order valence-electron chi connectivity index (χ2n) is 7.14. The summed E-state index contributed by atoms with van der Waals surface area (Å²) in [6.07, 6.45) is 8.31. The van der Waals surface area contributed by atoms with Crippen LogP contribution >= 0.6 is 0 Å². The third kappa shape index (κ3) is 3.54. The Bertz CT molecular complexity index is 817. The molecule has 0 saturated heterocycles. The molecular weight excluding hydrogens is 330 g/mol. The molecule has 140 valence electrons. The van der Waals surface area contributed by atoms with Gasteiger partial charge in [0, 0.05) is 11.4 Å². The normalized spacial score (nSPS) is 15.7. The molecule has 2 amide bonds. The van der Waals surface area contributed by atoms with Gasteiger partial charge in [-0.2, -0.15) is 0 Å². The summed E-state index contributed by atoms with van der Waals surface area (Å²) in [4.78, 5) is 24.7. The summed E-state index contributed by atoms with van der Waals surface area (Å²) in [5.74, 6) is -0.722. The number of nitrogens with zero attached hydrogens (tertiary/aromatic N) is 1. The summed E-state index contributed by atoms with van der Waals surface area (Å²) >= 11 is 0. The molecule has 0 unspecified atom stereocenters. The smallest absolute Gasteiger partial charge is 0.326 e. The molecular formula is C20H27N3O3. The Balaban J connectivity index is 2.01. The molecule has 1 saturated carbocycles. The molecule has 4 N–H and O–H groups in total. The van der Waals surface area contributed by atoms with Crippen LogP contribution in [0.3, 0.4) is 0 Å². The predicted octanol–water partition coefficient (Wildman–Crippen LogP) is 3.68. The van der Waals surface area contributed by atoms with Crippen LogP contribution < -0.4 is 11.1 Å². The second-order valence-corrected chi connectivity index (χ2v) is 7.14. The van der Waals surface area contributed by atoms with Gasteiger partial charge in [0.05, 0.1) is 5.52 Å². The fourth-order valence-electron chi connectivity index (χ4n) is 3.90. The molecule has 0 radical (unpaired) electrons. The lowest BCUT2D eigenvalue weighted by atomic mass is 10.0. The zero-order valence-electron chi connectivity index (χ0n) is 15.3. The minimum atomic E-state index is -0.802. The first-order valence-corrected chi connectivity index (χ1v) is 9.50. The fraction of sp³-hybridized carbons (Fsp3) is 0.500. The number of hydrogen-bond acceptors (Lipinski definition) is 3. The Kier molecular flexibility index (Phi) is 5.49. The standard InChI is InChI=1S/C20H27N3O3/c1-2-7-13-10-11-16-15(12-13)17(19(25)23(16)20(21)26)18(24)22-14-8-5-3-4-6-9-14/h10-12,14,25H,2-9H2,1H3,(H2,21,26)(H,22,24). The monoisotopic (exact) mass is 357 g/mol. The van der Waals surface area contributed by atoms with Gasteiger partial charge in [0.2, 0.25) is 5.88 Å². The number of carbonyl (C=O) groups is 2. The highest BCUT2D eigenvalue weighted by Gasteiger charge is 2.26. The Morgan fingerprint density at radius 1 is 1.23 bits per heavy atom. The minimum absolute atomic E-state index is 0.107. The zero-order chi connectivity index (χ0) is 18.7. The van der Waals surface area contributed by atoms with Gasteiger partial charge in [-0.25, -0.2) is 9.36 Å². The number of primary amides is 1. The van der Waals surface area contributed by atoms with E-state index in [0.29, 0.717) is 10.9 Å². The van der Waals surface area contributed by atoms with E-state index in [-0.39, 0.29) is 23.4 Å². The Morgan fingerprint density at radius 2 is 1.92 bits per heavy atom.